The SMILES string of the molecule is O=C(O)[C@H](c1c[nH]c2cc(OCc3ccccc3)ccc12)N1CCN(Cc2ccncc2)CC1. The third-order valence-corrected chi connectivity index (χ3v) is 6.39. The topological polar surface area (TPSA) is 81.7 Å². The Morgan fingerprint density at radius 2 is 1.76 bits per heavy atom. The molecule has 2 N–H and O–H groups in total. The number of carboxylic acids is 1. The van der Waals surface area contributed by atoms with Gasteiger partial charge in [0, 0.05) is 73.8 Å². The van der Waals surface area contributed by atoms with Gasteiger partial charge in [0.25, 0.3) is 0 Å². The van der Waals surface area contributed by atoms with Gasteiger partial charge in [0.05, 0.1) is 0 Å². The van der Waals surface area contributed by atoms with Gasteiger partial charge in [-0.05, 0) is 35.4 Å². The third kappa shape index (κ3) is 4.95. The van der Waals surface area contributed by atoms with E-state index in [2.05, 4.69) is 19.8 Å². The highest BCUT2D eigenvalue weighted by Crippen LogP contribution is 2.32. The Kier molecular flexibility index (Phi) is 6.56. The number of aromatic amines is 1. The van der Waals surface area contributed by atoms with E-state index in [4.69, 9.17) is 4.74 Å². The summed E-state index contributed by atoms with van der Waals surface area (Å²) in [5.74, 6) is -0.0748. The first-order chi connectivity index (χ1) is 16.7. The van der Waals surface area contributed by atoms with Crippen LogP contribution in [0.1, 0.15) is 22.7 Å². The molecule has 1 fully saturated rings. The van der Waals surface area contributed by atoms with Crippen LogP contribution in [0.3, 0.4) is 0 Å². The highest BCUT2D eigenvalue weighted by molar-refractivity contribution is 5.90. The molecule has 1 aliphatic rings. The number of piperazine rings is 1. The number of hydrogen-bond donors (Lipinski definition) is 2. The zero-order chi connectivity index (χ0) is 23.3. The minimum atomic E-state index is -0.826. The normalized spacial score (nSPS) is 15.9. The Bertz CT molecular complexity index is 1230. The molecule has 1 aliphatic heterocycles. The maximum atomic E-state index is 12.3. The van der Waals surface area contributed by atoms with Crippen LogP contribution in [-0.2, 0) is 17.9 Å². The maximum Gasteiger partial charge on any atom is 0.325 e. The number of ether oxygens (including phenoxy) is 1. The summed E-state index contributed by atoms with van der Waals surface area (Å²) in [7, 11) is 0. The molecule has 1 atom stereocenters. The van der Waals surface area contributed by atoms with Crippen molar-refractivity contribution >= 4 is 16.9 Å². The number of H-pyrrole nitrogens is 1. The zero-order valence-electron chi connectivity index (χ0n) is 18.9. The molecule has 0 amide bonds. The van der Waals surface area contributed by atoms with Crippen molar-refractivity contribution in [3.63, 3.8) is 0 Å². The largest absolute Gasteiger partial charge is 0.489 e. The van der Waals surface area contributed by atoms with Crippen molar-refractivity contribution < 1.29 is 14.6 Å². The lowest BCUT2D eigenvalue weighted by Crippen LogP contribution is -2.48. The molecule has 0 saturated carbocycles. The first-order valence-electron chi connectivity index (χ1n) is 11.5. The zero-order valence-corrected chi connectivity index (χ0v) is 18.9. The van der Waals surface area contributed by atoms with Crippen molar-refractivity contribution in [2.24, 2.45) is 0 Å². The van der Waals surface area contributed by atoms with E-state index < -0.39 is 12.0 Å². The summed E-state index contributed by atoms with van der Waals surface area (Å²) in [5.41, 5.74) is 3.99. The average Bonchev–Trinajstić information content (AvgIpc) is 3.28. The van der Waals surface area contributed by atoms with Crippen LogP contribution in [0, 0.1) is 0 Å². The van der Waals surface area contributed by atoms with Crippen LogP contribution in [0.25, 0.3) is 10.9 Å². The predicted octanol–water partition coefficient (Wildman–Crippen LogP) is 4.09. The van der Waals surface area contributed by atoms with E-state index in [1.807, 2.05) is 66.9 Å². The summed E-state index contributed by atoms with van der Waals surface area (Å²) in [6, 6.07) is 19.2. The van der Waals surface area contributed by atoms with Crippen molar-refractivity contribution in [3.05, 3.63) is 95.9 Å². The number of hydrogen-bond acceptors (Lipinski definition) is 5. The van der Waals surface area contributed by atoms with Crippen molar-refractivity contribution in [2.45, 2.75) is 19.2 Å². The number of nitrogens with zero attached hydrogens (tertiary/aromatic N) is 3. The van der Waals surface area contributed by atoms with Crippen molar-refractivity contribution in [3.8, 4) is 5.75 Å². The van der Waals surface area contributed by atoms with Gasteiger partial charge in [0.1, 0.15) is 18.4 Å². The molecule has 5 rings (SSSR count). The second-order valence-electron chi connectivity index (χ2n) is 8.63. The molecule has 2 aromatic carbocycles. The van der Waals surface area contributed by atoms with Gasteiger partial charge in [0.2, 0.25) is 0 Å². The Morgan fingerprint density at radius 3 is 2.50 bits per heavy atom. The molecule has 2 aromatic heterocycles. The molecule has 7 nitrogen and oxygen atoms in total. The van der Waals surface area contributed by atoms with E-state index >= 15 is 0 Å². The molecule has 4 aromatic rings. The summed E-state index contributed by atoms with van der Waals surface area (Å²) in [5, 5.41) is 11.0. The van der Waals surface area contributed by atoms with Crippen LogP contribution < -0.4 is 4.74 Å². The molecule has 7 heteroatoms. The first-order valence-corrected chi connectivity index (χ1v) is 11.5. The molecule has 0 radical (unpaired) electrons. The minimum Gasteiger partial charge on any atom is -0.489 e. The van der Waals surface area contributed by atoms with Gasteiger partial charge >= 0.3 is 5.97 Å². The predicted molar refractivity (Wildman–Crippen MR) is 131 cm³/mol. The molecular formula is C27H28N4O3. The van der Waals surface area contributed by atoms with Crippen LogP contribution in [0.5, 0.6) is 5.75 Å². The van der Waals surface area contributed by atoms with E-state index in [0.717, 1.165) is 47.4 Å². The summed E-state index contributed by atoms with van der Waals surface area (Å²) in [4.78, 5) is 24.1. The second-order valence-corrected chi connectivity index (χ2v) is 8.63. The van der Waals surface area contributed by atoms with Crippen molar-refractivity contribution in [1.29, 1.82) is 0 Å². The third-order valence-electron chi connectivity index (χ3n) is 6.39. The molecule has 0 bridgehead atoms. The first kappa shape index (κ1) is 22.1. The Morgan fingerprint density at radius 1 is 1.00 bits per heavy atom. The number of benzene rings is 2. The number of nitrogens with one attached hydrogen (secondary N) is 1. The lowest BCUT2D eigenvalue weighted by Gasteiger charge is -2.37. The number of rotatable bonds is 8. The standard InChI is InChI=1S/C27H28N4O3/c32-27(33)26(31-14-12-30(13-15-31)18-20-8-10-28-11-9-20)24-17-29-25-16-22(6-7-23(24)25)34-19-21-4-2-1-3-5-21/h1-11,16-17,26,29H,12-15,18-19H2,(H,32,33)/t26-/m0/s1. The molecule has 1 saturated heterocycles. The molecule has 0 unspecified atom stereocenters. The number of fused-ring (bicyclic) bond motifs is 1. The molecular weight excluding hydrogens is 428 g/mol. The highest BCUT2D eigenvalue weighted by Gasteiger charge is 2.32. The van der Waals surface area contributed by atoms with Gasteiger partial charge in [-0.25, -0.2) is 0 Å². The fourth-order valence-electron chi connectivity index (χ4n) is 4.60. The summed E-state index contributed by atoms with van der Waals surface area (Å²) >= 11 is 0. The highest BCUT2D eigenvalue weighted by atomic mass is 16.5. The van der Waals surface area contributed by atoms with Crippen LogP contribution in [-0.4, -0.2) is 57.0 Å². The van der Waals surface area contributed by atoms with E-state index in [1.54, 1.807) is 12.4 Å². The van der Waals surface area contributed by atoms with Crippen molar-refractivity contribution in [1.82, 2.24) is 19.8 Å². The average molecular weight is 457 g/mol. The maximum absolute atomic E-state index is 12.3. The van der Waals surface area contributed by atoms with Crippen LogP contribution in [0.4, 0.5) is 0 Å². The van der Waals surface area contributed by atoms with Crippen LogP contribution >= 0.6 is 0 Å². The minimum absolute atomic E-state index is 0.488. The van der Waals surface area contributed by atoms with Gasteiger partial charge in [-0.15, -0.1) is 0 Å². The van der Waals surface area contributed by atoms with Crippen LogP contribution in [0.2, 0.25) is 0 Å². The van der Waals surface area contributed by atoms with Gasteiger partial charge < -0.3 is 14.8 Å². The number of aromatic nitrogens is 2. The summed E-state index contributed by atoms with van der Waals surface area (Å²) < 4.78 is 5.94. The van der Waals surface area contributed by atoms with E-state index in [0.29, 0.717) is 19.7 Å². The molecule has 34 heavy (non-hydrogen) atoms. The molecule has 0 spiro atoms. The second kappa shape index (κ2) is 10.1. The van der Waals surface area contributed by atoms with Gasteiger partial charge in [-0.3, -0.25) is 19.6 Å². The monoisotopic (exact) mass is 456 g/mol. The Labute approximate surface area is 198 Å². The van der Waals surface area contributed by atoms with Crippen molar-refractivity contribution in [2.75, 3.05) is 26.2 Å². The smallest absolute Gasteiger partial charge is 0.325 e. The molecule has 0 aliphatic carbocycles. The van der Waals surface area contributed by atoms with E-state index in [-0.39, 0.29) is 0 Å². The number of aliphatic carboxylic acids is 1. The Hall–Kier alpha value is -3.68. The number of carbonyl (C=O) groups is 1. The van der Waals surface area contributed by atoms with Gasteiger partial charge in [-0.2, -0.15) is 0 Å². The van der Waals surface area contributed by atoms with Crippen LogP contribution in [0.15, 0.2) is 79.3 Å². The van der Waals surface area contributed by atoms with E-state index in [1.165, 1.54) is 5.56 Å². The summed E-state index contributed by atoms with van der Waals surface area (Å²) in [6.45, 7) is 4.40. The van der Waals surface area contributed by atoms with Gasteiger partial charge in [0.15, 0.2) is 0 Å². The fourth-order valence-corrected chi connectivity index (χ4v) is 4.60. The van der Waals surface area contributed by atoms with E-state index in [9.17, 15) is 9.90 Å². The molecule has 174 valence electrons. The number of carboxylic acid groups (broad SMARTS) is 1. The summed E-state index contributed by atoms with van der Waals surface area (Å²) in [6.07, 6.45) is 5.44. The molecule has 3 heterocycles. The van der Waals surface area contributed by atoms with Gasteiger partial charge in [-0.1, -0.05) is 30.3 Å². The lowest BCUT2D eigenvalue weighted by molar-refractivity contribution is -0.144. The lowest BCUT2D eigenvalue weighted by atomic mass is 10.0. The fraction of sp³-hybridized carbons (Fsp3) is 0.259. The quantitative estimate of drug-likeness (QED) is 0.416. The number of pyridine rings is 1. The Balaban J connectivity index is 1.27.